The number of nitrogens with zero attached hydrogens (tertiary/aromatic N) is 2. The van der Waals surface area contributed by atoms with Crippen LogP contribution < -0.4 is 0 Å². The minimum atomic E-state index is -0.634. The summed E-state index contributed by atoms with van der Waals surface area (Å²) in [5.41, 5.74) is 3.18. The summed E-state index contributed by atoms with van der Waals surface area (Å²) in [6.45, 7) is 0. The third-order valence-electron chi connectivity index (χ3n) is 3.15. The zero-order chi connectivity index (χ0) is 15.4. The van der Waals surface area contributed by atoms with Crippen LogP contribution in [0.4, 0.5) is 4.39 Å². The number of aromatic nitrogens is 2. The first-order chi connectivity index (χ1) is 10.7. The second kappa shape index (κ2) is 6.18. The summed E-state index contributed by atoms with van der Waals surface area (Å²) >= 11 is 0. The van der Waals surface area contributed by atoms with Crippen LogP contribution in [-0.4, -0.2) is 15.1 Å². The maximum atomic E-state index is 13.2. The Bertz CT molecular complexity index is 799. The first-order valence-corrected chi connectivity index (χ1v) is 6.76. The maximum Gasteiger partial charge on any atom is 0.165 e. The Labute approximate surface area is 127 Å². The second-order valence-electron chi connectivity index (χ2n) is 4.74. The van der Waals surface area contributed by atoms with Crippen molar-refractivity contribution in [2.75, 3.05) is 0 Å². The number of aromatic hydroxyl groups is 1. The first kappa shape index (κ1) is 13.9. The van der Waals surface area contributed by atoms with Gasteiger partial charge in [-0.3, -0.25) is 9.97 Å². The van der Waals surface area contributed by atoms with Crippen molar-refractivity contribution in [2.24, 2.45) is 0 Å². The average molecular weight is 292 g/mol. The van der Waals surface area contributed by atoms with Gasteiger partial charge in [0.05, 0.1) is 11.4 Å². The summed E-state index contributed by atoms with van der Waals surface area (Å²) in [5, 5.41) is 9.15. The molecule has 0 aliphatic heterocycles. The highest BCUT2D eigenvalue weighted by Gasteiger charge is 2.00. The third kappa shape index (κ3) is 3.17. The maximum absolute atomic E-state index is 13.2. The van der Waals surface area contributed by atoms with E-state index in [0.717, 1.165) is 17.0 Å². The largest absolute Gasteiger partial charge is 0.505 e. The Morgan fingerprint density at radius 3 is 2.32 bits per heavy atom. The van der Waals surface area contributed by atoms with E-state index in [4.69, 9.17) is 5.11 Å². The highest BCUT2D eigenvalue weighted by Crippen LogP contribution is 2.18. The highest BCUT2D eigenvalue weighted by atomic mass is 19.1. The molecule has 0 fully saturated rings. The third-order valence-corrected chi connectivity index (χ3v) is 3.15. The van der Waals surface area contributed by atoms with E-state index in [2.05, 4.69) is 9.97 Å². The van der Waals surface area contributed by atoms with Crippen LogP contribution in [0.1, 0.15) is 11.1 Å². The van der Waals surface area contributed by atoms with Crippen LogP contribution in [0.3, 0.4) is 0 Å². The lowest BCUT2D eigenvalue weighted by Crippen LogP contribution is -1.86. The number of pyridine rings is 2. The molecule has 3 aromatic rings. The lowest BCUT2D eigenvalue weighted by atomic mass is 10.1. The molecule has 0 saturated carbocycles. The summed E-state index contributed by atoms with van der Waals surface area (Å²) in [7, 11) is 0. The molecule has 3 nitrogen and oxygen atoms in total. The minimum absolute atomic E-state index is 0.349. The van der Waals surface area contributed by atoms with E-state index in [-0.39, 0.29) is 5.75 Å². The Kier molecular flexibility index (Phi) is 3.92. The number of phenols is 1. The van der Waals surface area contributed by atoms with E-state index in [0.29, 0.717) is 5.56 Å². The van der Waals surface area contributed by atoms with Crippen molar-refractivity contribution in [1.29, 1.82) is 0 Å². The summed E-state index contributed by atoms with van der Waals surface area (Å²) in [6, 6.07) is 13.7. The predicted octanol–water partition coefficient (Wildman–Crippen LogP) is 4.16. The fraction of sp³-hybridized carbons (Fsp3) is 0. The van der Waals surface area contributed by atoms with E-state index in [1.165, 1.54) is 12.1 Å². The van der Waals surface area contributed by atoms with Gasteiger partial charge < -0.3 is 5.11 Å². The molecule has 3 rings (SSSR count). The van der Waals surface area contributed by atoms with E-state index >= 15 is 0 Å². The van der Waals surface area contributed by atoms with Crippen molar-refractivity contribution in [3.63, 3.8) is 0 Å². The molecule has 0 amide bonds. The van der Waals surface area contributed by atoms with E-state index in [9.17, 15) is 4.39 Å². The number of rotatable bonds is 3. The zero-order valence-electron chi connectivity index (χ0n) is 11.6. The Hall–Kier alpha value is -3.01. The normalized spacial score (nSPS) is 11.0. The molecule has 2 aromatic heterocycles. The van der Waals surface area contributed by atoms with Gasteiger partial charge in [0.1, 0.15) is 0 Å². The lowest BCUT2D eigenvalue weighted by Gasteiger charge is -2.00. The molecule has 0 aliphatic carbocycles. The topological polar surface area (TPSA) is 46.0 Å². The molecule has 0 spiro atoms. The van der Waals surface area contributed by atoms with Gasteiger partial charge in [-0.05, 0) is 41.5 Å². The van der Waals surface area contributed by atoms with Crippen LogP contribution >= 0.6 is 0 Å². The molecule has 0 aliphatic rings. The van der Waals surface area contributed by atoms with Gasteiger partial charge in [0.25, 0.3) is 0 Å². The molecular formula is C18H13FN2O. The van der Waals surface area contributed by atoms with Gasteiger partial charge in [-0.2, -0.15) is 0 Å². The van der Waals surface area contributed by atoms with Crippen molar-refractivity contribution < 1.29 is 9.50 Å². The van der Waals surface area contributed by atoms with Crippen molar-refractivity contribution in [3.05, 3.63) is 77.9 Å². The number of hydrogen-bond acceptors (Lipinski definition) is 3. The van der Waals surface area contributed by atoms with Crippen LogP contribution in [-0.2, 0) is 0 Å². The van der Waals surface area contributed by atoms with Crippen molar-refractivity contribution >= 4 is 12.2 Å². The van der Waals surface area contributed by atoms with Crippen LogP contribution in [0.25, 0.3) is 23.5 Å². The number of benzene rings is 1. The SMILES string of the molecule is Oc1ccc(/C=C/c2ccc(-c3ccccn3)nc2)cc1F. The number of phenolic OH excluding ortho intramolecular Hbond substituents is 1. The summed E-state index contributed by atoms with van der Waals surface area (Å²) < 4.78 is 13.2. The van der Waals surface area contributed by atoms with Gasteiger partial charge in [0, 0.05) is 12.4 Å². The zero-order valence-corrected chi connectivity index (χ0v) is 11.6. The molecule has 0 bridgehead atoms. The molecule has 2 heterocycles. The van der Waals surface area contributed by atoms with Gasteiger partial charge >= 0.3 is 0 Å². The number of halogens is 1. The van der Waals surface area contributed by atoms with Crippen LogP contribution in [0.2, 0.25) is 0 Å². The quantitative estimate of drug-likeness (QED) is 0.788. The average Bonchev–Trinajstić information content (AvgIpc) is 2.57. The molecule has 22 heavy (non-hydrogen) atoms. The fourth-order valence-corrected chi connectivity index (χ4v) is 1.99. The van der Waals surface area contributed by atoms with Gasteiger partial charge in [0.2, 0.25) is 0 Å². The molecule has 0 unspecified atom stereocenters. The molecule has 0 radical (unpaired) electrons. The molecule has 1 aromatic carbocycles. The highest BCUT2D eigenvalue weighted by molar-refractivity contribution is 5.70. The molecule has 0 atom stereocenters. The Morgan fingerprint density at radius 2 is 1.64 bits per heavy atom. The smallest absolute Gasteiger partial charge is 0.165 e. The van der Waals surface area contributed by atoms with Crippen molar-refractivity contribution in [2.45, 2.75) is 0 Å². The van der Waals surface area contributed by atoms with Gasteiger partial charge in [0.15, 0.2) is 11.6 Å². The van der Waals surface area contributed by atoms with Gasteiger partial charge in [-0.1, -0.05) is 30.4 Å². The summed E-state index contributed by atoms with van der Waals surface area (Å²) in [4.78, 5) is 8.61. The standard InChI is InChI=1S/C18H13FN2O/c19-15-11-13(7-9-18(15)22)4-5-14-6-8-17(21-12-14)16-3-1-2-10-20-16/h1-12,22H/b5-4+. The molecule has 1 N–H and O–H groups in total. The predicted molar refractivity (Wildman–Crippen MR) is 84.5 cm³/mol. The monoisotopic (exact) mass is 292 g/mol. The molecule has 108 valence electrons. The van der Waals surface area contributed by atoms with Crippen molar-refractivity contribution in [3.8, 4) is 17.1 Å². The first-order valence-electron chi connectivity index (χ1n) is 6.76. The molecule has 0 saturated heterocycles. The number of hydrogen-bond donors (Lipinski definition) is 1. The lowest BCUT2D eigenvalue weighted by molar-refractivity contribution is 0.432. The Morgan fingerprint density at radius 1 is 0.864 bits per heavy atom. The summed E-state index contributed by atoms with van der Waals surface area (Å²) in [5.74, 6) is -0.982. The fourth-order valence-electron chi connectivity index (χ4n) is 1.99. The van der Waals surface area contributed by atoms with Gasteiger partial charge in [-0.15, -0.1) is 0 Å². The minimum Gasteiger partial charge on any atom is -0.505 e. The van der Waals surface area contributed by atoms with Crippen LogP contribution in [0.5, 0.6) is 5.75 Å². The van der Waals surface area contributed by atoms with E-state index < -0.39 is 5.82 Å². The van der Waals surface area contributed by atoms with Crippen molar-refractivity contribution in [1.82, 2.24) is 9.97 Å². The van der Waals surface area contributed by atoms with Crippen LogP contribution in [0.15, 0.2) is 60.9 Å². The molecule has 4 heteroatoms. The van der Waals surface area contributed by atoms with Gasteiger partial charge in [-0.25, -0.2) is 4.39 Å². The van der Waals surface area contributed by atoms with E-state index in [1.54, 1.807) is 24.5 Å². The summed E-state index contributed by atoms with van der Waals surface area (Å²) in [6.07, 6.45) is 7.06. The van der Waals surface area contributed by atoms with Crippen LogP contribution in [0, 0.1) is 5.82 Å². The van der Waals surface area contributed by atoms with E-state index in [1.807, 2.05) is 36.4 Å². The Balaban J connectivity index is 1.78. The second-order valence-corrected chi connectivity index (χ2v) is 4.74. The molecular weight excluding hydrogens is 279 g/mol.